The summed E-state index contributed by atoms with van der Waals surface area (Å²) in [5.74, 6) is -0.920. The molecule has 120 valence electrons. The molecule has 0 radical (unpaired) electrons. The lowest BCUT2D eigenvalue weighted by Crippen LogP contribution is -2.30. The van der Waals surface area contributed by atoms with Gasteiger partial charge in [0, 0.05) is 15.6 Å². The molecule has 1 amide bonds. The van der Waals surface area contributed by atoms with Crippen LogP contribution in [0, 0.1) is 0 Å². The SMILES string of the molecule is CSc1ccccc1C(=O)O[C@H](C)C(=O)Nc1ccc(Cl)cc1. The molecule has 0 saturated heterocycles. The Kier molecular flexibility index (Phi) is 6.07. The maximum atomic E-state index is 12.2. The van der Waals surface area contributed by atoms with E-state index >= 15 is 0 Å². The van der Waals surface area contributed by atoms with Gasteiger partial charge in [-0.3, -0.25) is 4.79 Å². The Morgan fingerprint density at radius 3 is 2.43 bits per heavy atom. The molecule has 0 aliphatic rings. The Bertz CT molecular complexity index is 703. The third kappa shape index (κ3) is 4.74. The van der Waals surface area contributed by atoms with Gasteiger partial charge < -0.3 is 10.1 Å². The Morgan fingerprint density at radius 2 is 1.78 bits per heavy atom. The van der Waals surface area contributed by atoms with Crippen molar-refractivity contribution in [2.75, 3.05) is 11.6 Å². The predicted molar refractivity (Wildman–Crippen MR) is 93.2 cm³/mol. The first kappa shape index (κ1) is 17.4. The van der Waals surface area contributed by atoms with Gasteiger partial charge in [-0.25, -0.2) is 4.79 Å². The zero-order valence-electron chi connectivity index (χ0n) is 12.7. The fraction of sp³-hybridized carbons (Fsp3) is 0.176. The highest BCUT2D eigenvalue weighted by molar-refractivity contribution is 7.98. The van der Waals surface area contributed by atoms with Gasteiger partial charge in [0.25, 0.3) is 5.91 Å². The molecule has 0 fully saturated rings. The van der Waals surface area contributed by atoms with E-state index < -0.39 is 18.0 Å². The van der Waals surface area contributed by atoms with Crippen LogP contribution >= 0.6 is 23.4 Å². The number of carbonyl (C=O) groups excluding carboxylic acids is 2. The number of benzene rings is 2. The van der Waals surface area contributed by atoms with Gasteiger partial charge in [-0.05, 0) is 49.6 Å². The van der Waals surface area contributed by atoms with Crippen LogP contribution in [0.2, 0.25) is 5.02 Å². The van der Waals surface area contributed by atoms with Crippen molar-refractivity contribution in [3.05, 3.63) is 59.1 Å². The lowest BCUT2D eigenvalue weighted by Gasteiger charge is -2.14. The maximum Gasteiger partial charge on any atom is 0.340 e. The van der Waals surface area contributed by atoms with Crippen molar-refractivity contribution < 1.29 is 14.3 Å². The maximum absolute atomic E-state index is 12.2. The molecule has 2 rings (SSSR count). The van der Waals surface area contributed by atoms with E-state index in [9.17, 15) is 9.59 Å². The molecular weight excluding hydrogens is 334 g/mol. The molecule has 1 N–H and O–H groups in total. The lowest BCUT2D eigenvalue weighted by molar-refractivity contribution is -0.123. The van der Waals surface area contributed by atoms with Crippen LogP contribution in [-0.4, -0.2) is 24.2 Å². The molecule has 0 bridgehead atoms. The normalized spacial score (nSPS) is 11.6. The minimum Gasteiger partial charge on any atom is -0.449 e. The predicted octanol–water partition coefficient (Wildman–Crippen LogP) is 4.25. The number of amides is 1. The third-order valence-electron chi connectivity index (χ3n) is 3.09. The molecule has 0 saturated carbocycles. The number of hydrogen-bond acceptors (Lipinski definition) is 4. The van der Waals surface area contributed by atoms with E-state index in [1.165, 1.54) is 18.7 Å². The van der Waals surface area contributed by atoms with Crippen LogP contribution in [0.15, 0.2) is 53.4 Å². The number of halogens is 1. The number of thioether (sulfide) groups is 1. The monoisotopic (exact) mass is 349 g/mol. The average molecular weight is 350 g/mol. The number of carbonyl (C=O) groups is 2. The summed E-state index contributed by atoms with van der Waals surface area (Å²) in [6.07, 6.45) is 0.969. The van der Waals surface area contributed by atoms with Crippen LogP contribution in [-0.2, 0) is 9.53 Å². The van der Waals surface area contributed by atoms with Crippen molar-refractivity contribution in [1.29, 1.82) is 0 Å². The highest BCUT2D eigenvalue weighted by atomic mass is 35.5. The van der Waals surface area contributed by atoms with Crippen LogP contribution in [0.4, 0.5) is 5.69 Å². The average Bonchev–Trinajstić information content (AvgIpc) is 2.56. The van der Waals surface area contributed by atoms with Crippen LogP contribution in [0.1, 0.15) is 17.3 Å². The van der Waals surface area contributed by atoms with Gasteiger partial charge in [-0.1, -0.05) is 23.7 Å². The molecule has 2 aromatic carbocycles. The van der Waals surface area contributed by atoms with Crippen molar-refractivity contribution in [1.82, 2.24) is 0 Å². The summed E-state index contributed by atoms with van der Waals surface area (Å²) in [4.78, 5) is 25.1. The first-order chi connectivity index (χ1) is 11.0. The second-order valence-corrected chi connectivity index (χ2v) is 6.03. The minimum absolute atomic E-state index is 0.401. The molecule has 0 aliphatic carbocycles. The molecule has 0 unspecified atom stereocenters. The zero-order valence-corrected chi connectivity index (χ0v) is 14.3. The van der Waals surface area contributed by atoms with Gasteiger partial charge in [0.1, 0.15) is 0 Å². The smallest absolute Gasteiger partial charge is 0.340 e. The van der Waals surface area contributed by atoms with Gasteiger partial charge in [-0.15, -0.1) is 11.8 Å². The summed E-state index contributed by atoms with van der Waals surface area (Å²) in [7, 11) is 0. The Hall–Kier alpha value is -1.98. The zero-order chi connectivity index (χ0) is 16.8. The van der Waals surface area contributed by atoms with Crippen LogP contribution in [0.25, 0.3) is 0 Å². The summed E-state index contributed by atoms with van der Waals surface area (Å²) < 4.78 is 5.25. The second kappa shape index (κ2) is 8.04. The van der Waals surface area contributed by atoms with E-state index in [0.29, 0.717) is 16.3 Å². The molecule has 6 heteroatoms. The number of esters is 1. The molecule has 1 atom stereocenters. The molecule has 0 aromatic heterocycles. The van der Waals surface area contributed by atoms with E-state index in [1.54, 1.807) is 36.4 Å². The van der Waals surface area contributed by atoms with Gasteiger partial charge in [0.15, 0.2) is 6.10 Å². The van der Waals surface area contributed by atoms with Crippen molar-refractivity contribution in [2.24, 2.45) is 0 Å². The van der Waals surface area contributed by atoms with Crippen molar-refractivity contribution in [2.45, 2.75) is 17.9 Å². The molecule has 0 spiro atoms. The van der Waals surface area contributed by atoms with Crippen LogP contribution < -0.4 is 5.32 Å². The number of nitrogens with one attached hydrogen (secondary N) is 1. The Labute approximate surface area is 144 Å². The van der Waals surface area contributed by atoms with Crippen molar-refractivity contribution in [3.8, 4) is 0 Å². The van der Waals surface area contributed by atoms with Gasteiger partial charge >= 0.3 is 5.97 Å². The van der Waals surface area contributed by atoms with Gasteiger partial charge in [-0.2, -0.15) is 0 Å². The highest BCUT2D eigenvalue weighted by Gasteiger charge is 2.20. The third-order valence-corrected chi connectivity index (χ3v) is 4.14. The Morgan fingerprint density at radius 1 is 1.13 bits per heavy atom. The number of hydrogen-bond donors (Lipinski definition) is 1. The number of anilines is 1. The van der Waals surface area contributed by atoms with Gasteiger partial charge in [0.05, 0.1) is 5.56 Å². The van der Waals surface area contributed by atoms with E-state index in [2.05, 4.69) is 5.32 Å². The summed E-state index contributed by atoms with van der Waals surface area (Å²) in [6, 6.07) is 13.8. The molecule has 23 heavy (non-hydrogen) atoms. The van der Waals surface area contributed by atoms with Crippen molar-refractivity contribution >= 4 is 40.9 Å². The molecule has 0 aliphatic heterocycles. The van der Waals surface area contributed by atoms with Gasteiger partial charge in [0.2, 0.25) is 0 Å². The number of ether oxygens (including phenoxy) is 1. The van der Waals surface area contributed by atoms with Crippen molar-refractivity contribution in [3.63, 3.8) is 0 Å². The molecule has 2 aromatic rings. The van der Waals surface area contributed by atoms with Crippen LogP contribution in [0.5, 0.6) is 0 Å². The van der Waals surface area contributed by atoms with E-state index in [-0.39, 0.29) is 0 Å². The van der Waals surface area contributed by atoms with Crippen LogP contribution in [0.3, 0.4) is 0 Å². The second-order valence-electron chi connectivity index (χ2n) is 4.74. The topological polar surface area (TPSA) is 55.4 Å². The summed E-state index contributed by atoms with van der Waals surface area (Å²) in [5.41, 5.74) is 1.04. The Balaban J connectivity index is 2.00. The quantitative estimate of drug-likeness (QED) is 0.647. The first-order valence-corrected chi connectivity index (χ1v) is 8.52. The molecule has 4 nitrogen and oxygen atoms in total. The summed E-state index contributed by atoms with van der Waals surface area (Å²) in [5, 5.41) is 3.25. The first-order valence-electron chi connectivity index (χ1n) is 6.91. The van der Waals surface area contributed by atoms with E-state index in [4.69, 9.17) is 16.3 Å². The number of rotatable bonds is 5. The largest absolute Gasteiger partial charge is 0.449 e. The standard InChI is InChI=1S/C17H16ClNO3S/c1-11(16(20)19-13-9-7-12(18)8-10-13)22-17(21)14-5-3-4-6-15(14)23-2/h3-11H,1-2H3,(H,19,20)/t11-/m1/s1. The molecular formula is C17H16ClNO3S. The minimum atomic E-state index is -0.909. The van der Waals surface area contributed by atoms with E-state index in [1.807, 2.05) is 18.4 Å². The highest BCUT2D eigenvalue weighted by Crippen LogP contribution is 2.21. The fourth-order valence-corrected chi connectivity index (χ4v) is 2.58. The molecule has 0 heterocycles. The summed E-state index contributed by atoms with van der Waals surface area (Å²) >= 11 is 7.24. The fourth-order valence-electron chi connectivity index (χ4n) is 1.87. The lowest BCUT2D eigenvalue weighted by atomic mass is 10.2. The van der Waals surface area contributed by atoms with E-state index in [0.717, 1.165) is 4.90 Å². The summed E-state index contributed by atoms with van der Waals surface area (Å²) in [6.45, 7) is 1.53.